The molecule has 1 aromatic carbocycles. The third-order valence-corrected chi connectivity index (χ3v) is 2.13. The molecule has 0 saturated heterocycles. The van der Waals surface area contributed by atoms with Crippen LogP contribution in [0.5, 0.6) is 11.6 Å². The number of ether oxygens (including phenoxy) is 1. The summed E-state index contributed by atoms with van der Waals surface area (Å²) in [5.74, 6) is 1.02. The normalized spacial score (nSPS) is 9.50. The van der Waals surface area contributed by atoms with Crippen LogP contribution in [0.15, 0.2) is 42.5 Å². The Morgan fingerprint density at radius 2 is 1.88 bits per heavy atom. The molecule has 0 spiro atoms. The van der Waals surface area contributed by atoms with E-state index in [0.29, 0.717) is 22.3 Å². The van der Waals surface area contributed by atoms with Gasteiger partial charge in [-0.2, -0.15) is 5.26 Å². The van der Waals surface area contributed by atoms with E-state index < -0.39 is 0 Å². The molecule has 78 valence electrons. The van der Waals surface area contributed by atoms with Gasteiger partial charge in [-0.15, -0.1) is 0 Å². The summed E-state index contributed by atoms with van der Waals surface area (Å²) in [6.07, 6.45) is 0. The van der Waals surface area contributed by atoms with Gasteiger partial charge in [-0.05, 0) is 30.3 Å². The zero-order valence-electron chi connectivity index (χ0n) is 8.22. The predicted octanol–water partition coefficient (Wildman–Crippen LogP) is 3.40. The van der Waals surface area contributed by atoms with E-state index in [4.69, 9.17) is 21.6 Å². The highest BCUT2D eigenvalue weighted by Crippen LogP contribution is 2.21. The van der Waals surface area contributed by atoms with E-state index in [1.807, 2.05) is 6.07 Å². The fraction of sp³-hybridized carbons (Fsp3) is 0. The third kappa shape index (κ3) is 2.50. The van der Waals surface area contributed by atoms with E-state index in [1.165, 1.54) is 0 Å². The van der Waals surface area contributed by atoms with Crippen molar-refractivity contribution >= 4 is 11.6 Å². The van der Waals surface area contributed by atoms with Crippen LogP contribution in [0.3, 0.4) is 0 Å². The SMILES string of the molecule is N#Cc1cccc(Oc2ccc(Cl)cc2)n1. The summed E-state index contributed by atoms with van der Waals surface area (Å²) in [5.41, 5.74) is 0.325. The topological polar surface area (TPSA) is 45.9 Å². The lowest BCUT2D eigenvalue weighted by atomic mass is 10.3. The van der Waals surface area contributed by atoms with Gasteiger partial charge < -0.3 is 4.74 Å². The Morgan fingerprint density at radius 3 is 2.56 bits per heavy atom. The Balaban J connectivity index is 2.21. The monoisotopic (exact) mass is 230 g/mol. The minimum Gasteiger partial charge on any atom is -0.439 e. The number of nitrogens with zero attached hydrogens (tertiary/aromatic N) is 2. The van der Waals surface area contributed by atoms with Crippen molar-refractivity contribution in [2.75, 3.05) is 0 Å². The van der Waals surface area contributed by atoms with Gasteiger partial charge in [-0.3, -0.25) is 0 Å². The van der Waals surface area contributed by atoms with Crippen molar-refractivity contribution in [2.45, 2.75) is 0 Å². The Labute approximate surface area is 97.9 Å². The van der Waals surface area contributed by atoms with Gasteiger partial charge in [0.2, 0.25) is 5.88 Å². The molecule has 0 fully saturated rings. The zero-order valence-corrected chi connectivity index (χ0v) is 8.98. The van der Waals surface area contributed by atoms with Gasteiger partial charge in [0.15, 0.2) is 0 Å². The highest BCUT2D eigenvalue weighted by Gasteiger charge is 1.99. The summed E-state index contributed by atoms with van der Waals surface area (Å²) in [4.78, 5) is 3.99. The first-order valence-corrected chi connectivity index (χ1v) is 4.96. The molecule has 0 atom stereocenters. The molecule has 0 amide bonds. The lowest BCUT2D eigenvalue weighted by Crippen LogP contribution is -1.89. The van der Waals surface area contributed by atoms with Crippen LogP contribution in [0.1, 0.15) is 5.69 Å². The first kappa shape index (κ1) is 10.5. The minimum atomic E-state index is 0.325. The van der Waals surface area contributed by atoms with Gasteiger partial charge in [0.1, 0.15) is 17.5 Å². The quantitative estimate of drug-likeness (QED) is 0.794. The number of hydrogen-bond donors (Lipinski definition) is 0. The standard InChI is InChI=1S/C12H7ClN2O/c13-9-4-6-11(7-5-9)16-12-3-1-2-10(8-14)15-12/h1-7H. The molecule has 1 heterocycles. The van der Waals surface area contributed by atoms with E-state index in [9.17, 15) is 0 Å². The van der Waals surface area contributed by atoms with Crippen molar-refractivity contribution < 1.29 is 4.74 Å². The molecule has 1 aromatic heterocycles. The molecule has 2 aromatic rings. The number of nitriles is 1. The number of pyridine rings is 1. The lowest BCUT2D eigenvalue weighted by molar-refractivity contribution is 0.462. The summed E-state index contributed by atoms with van der Waals surface area (Å²) in [6, 6.07) is 13.9. The van der Waals surface area contributed by atoms with Crippen LogP contribution in [0.2, 0.25) is 5.02 Å². The van der Waals surface area contributed by atoms with Crippen molar-refractivity contribution in [1.82, 2.24) is 4.98 Å². The fourth-order valence-corrected chi connectivity index (χ4v) is 1.28. The van der Waals surface area contributed by atoms with Gasteiger partial charge >= 0.3 is 0 Å². The van der Waals surface area contributed by atoms with Crippen LogP contribution in [-0.2, 0) is 0 Å². The second-order valence-corrected chi connectivity index (χ2v) is 3.47. The predicted molar refractivity (Wildman–Crippen MR) is 60.5 cm³/mol. The van der Waals surface area contributed by atoms with Crippen LogP contribution in [0.25, 0.3) is 0 Å². The molecular formula is C12H7ClN2O. The van der Waals surface area contributed by atoms with E-state index in [2.05, 4.69) is 4.98 Å². The molecule has 0 bridgehead atoms. The maximum atomic E-state index is 8.68. The average Bonchev–Trinajstić information content (AvgIpc) is 2.32. The van der Waals surface area contributed by atoms with Crippen molar-refractivity contribution in [3.8, 4) is 17.7 Å². The average molecular weight is 231 g/mol. The molecular weight excluding hydrogens is 224 g/mol. The van der Waals surface area contributed by atoms with Gasteiger partial charge in [0.05, 0.1) is 0 Å². The number of halogens is 1. The van der Waals surface area contributed by atoms with E-state index in [-0.39, 0.29) is 0 Å². The summed E-state index contributed by atoms with van der Waals surface area (Å²) in [5, 5.41) is 9.32. The summed E-state index contributed by atoms with van der Waals surface area (Å²) in [7, 11) is 0. The molecule has 0 N–H and O–H groups in total. The molecule has 0 unspecified atom stereocenters. The molecule has 2 rings (SSSR count). The lowest BCUT2D eigenvalue weighted by Gasteiger charge is -2.04. The van der Waals surface area contributed by atoms with E-state index in [0.717, 1.165) is 0 Å². The van der Waals surface area contributed by atoms with Gasteiger partial charge in [-0.25, -0.2) is 4.98 Å². The van der Waals surface area contributed by atoms with E-state index in [1.54, 1.807) is 42.5 Å². The molecule has 0 aliphatic heterocycles. The maximum absolute atomic E-state index is 8.68. The molecule has 0 aliphatic rings. The van der Waals surface area contributed by atoms with Crippen molar-refractivity contribution in [3.63, 3.8) is 0 Å². The van der Waals surface area contributed by atoms with Crippen molar-refractivity contribution in [1.29, 1.82) is 5.26 Å². The number of rotatable bonds is 2. The van der Waals surface area contributed by atoms with Gasteiger partial charge in [0, 0.05) is 11.1 Å². The van der Waals surface area contributed by atoms with Crippen LogP contribution in [0.4, 0.5) is 0 Å². The van der Waals surface area contributed by atoms with Crippen LogP contribution >= 0.6 is 11.6 Å². The summed E-state index contributed by atoms with van der Waals surface area (Å²) < 4.78 is 5.45. The minimum absolute atomic E-state index is 0.325. The van der Waals surface area contributed by atoms with Crippen LogP contribution in [0, 0.1) is 11.3 Å². The second-order valence-electron chi connectivity index (χ2n) is 3.03. The number of benzene rings is 1. The molecule has 16 heavy (non-hydrogen) atoms. The molecule has 0 aliphatic carbocycles. The Bertz CT molecular complexity index is 531. The Kier molecular flexibility index (Phi) is 3.04. The van der Waals surface area contributed by atoms with Crippen molar-refractivity contribution in [3.05, 3.63) is 53.2 Å². The Hall–Kier alpha value is -2.05. The molecule has 0 saturated carbocycles. The summed E-state index contributed by atoms with van der Waals surface area (Å²) >= 11 is 5.75. The maximum Gasteiger partial charge on any atom is 0.220 e. The largest absolute Gasteiger partial charge is 0.439 e. The summed E-state index contributed by atoms with van der Waals surface area (Å²) in [6.45, 7) is 0. The Morgan fingerprint density at radius 1 is 1.12 bits per heavy atom. The molecule has 4 heteroatoms. The third-order valence-electron chi connectivity index (χ3n) is 1.87. The van der Waals surface area contributed by atoms with Crippen molar-refractivity contribution in [2.24, 2.45) is 0 Å². The highest BCUT2D eigenvalue weighted by molar-refractivity contribution is 6.30. The number of hydrogen-bond acceptors (Lipinski definition) is 3. The zero-order chi connectivity index (χ0) is 11.4. The number of aromatic nitrogens is 1. The first-order chi connectivity index (χ1) is 7.78. The molecule has 0 radical (unpaired) electrons. The smallest absolute Gasteiger partial charge is 0.220 e. The fourth-order valence-electron chi connectivity index (χ4n) is 1.16. The van der Waals surface area contributed by atoms with Crippen LogP contribution in [-0.4, -0.2) is 4.98 Å². The van der Waals surface area contributed by atoms with Crippen LogP contribution < -0.4 is 4.74 Å². The molecule has 3 nitrogen and oxygen atoms in total. The second kappa shape index (κ2) is 4.65. The van der Waals surface area contributed by atoms with E-state index >= 15 is 0 Å². The highest BCUT2D eigenvalue weighted by atomic mass is 35.5. The van der Waals surface area contributed by atoms with Gasteiger partial charge in [0.25, 0.3) is 0 Å². The first-order valence-electron chi connectivity index (χ1n) is 4.58. The van der Waals surface area contributed by atoms with Gasteiger partial charge in [-0.1, -0.05) is 17.7 Å².